The van der Waals surface area contributed by atoms with E-state index in [-0.39, 0.29) is 17.8 Å². The highest BCUT2D eigenvalue weighted by Crippen LogP contribution is 2.13. The van der Waals surface area contributed by atoms with Gasteiger partial charge in [0.2, 0.25) is 0 Å². The van der Waals surface area contributed by atoms with Gasteiger partial charge in [-0.1, -0.05) is 12.1 Å². The van der Waals surface area contributed by atoms with Crippen molar-refractivity contribution in [3.05, 3.63) is 53.6 Å². The van der Waals surface area contributed by atoms with E-state index < -0.39 is 0 Å². The summed E-state index contributed by atoms with van der Waals surface area (Å²) in [6.07, 6.45) is 3.15. The number of rotatable bonds is 3. The number of aromatic nitrogens is 2. The highest BCUT2D eigenvalue weighted by atomic mass is 19.1. The van der Waals surface area contributed by atoms with Gasteiger partial charge in [-0.05, 0) is 24.6 Å². The molecule has 2 aromatic rings. The maximum Gasteiger partial charge on any atom is 0.254 e. The molecule has 0 radical (unpaired) electrons. The molecule has 1 aromatic carbocycles. The lowest BCUT2D eigenvalue weighted by Crippen LogP contribution is -2.26. The first-order valence-corrected chi connectivity index (χ1v) is 5.61. The fourth-order valence-electron chi connectivity index (χ4n) is 1.65. The molecule has 94 valence electrons. The fraction of sp³-hybridized carbons (Fsp3) is 0.231. The Hall–Kier alpha value is -2.17. The highest BCUT2D eigenvalue weighted by molar-refractivity contribution is 5.93. The number of amides is 1. The van der Waals surface area contributed by atoms with Crippen molar-refractivity contribution >= 4 is 5.91 Å². The molecule has 18 heavy (non-hydrogen) atoms. The van der Waals surface area contributed by atoms with Crippen LogP contribution >= 0.6 is 0 Å². The van der Waals surface area contributed by atoms with Gasteiger partial charge in [0.05, 0.1) is 17.8 Å². The minimum Gasteiger partial charge on any atom is -0.345 e. The Morgan fingerprint density at radius 2 is 2.06 bits per heavy atom. The predicted molar refractivity (Wildman–Crippen MR) is 65.5 cm³/mol. The topological polar surface area (TPSA) is 46.9 Å². The van der Waals surface area contributed by atoms with Crippen molar-refractivity contribution < 1.29 is 9.18 Å². The molecule has 0 aliphatic heterocycles. The van der Waals surface area contributed by atoms with E-state index in [1.165, 1.54) is 18.3 Å². The van der Waals surface area contributed by atoms with Gasteiger partial charge >= 0.3 is 0 Å². The molecular weight excluding hydrogens is 233 g/mol. The molecule has 1 aromatic heterocycles. The molecule has 0 fully saturated rings. The van der Waals surface area contributed by atoms with Crippen molar-refractivity contribution in [3.8, 4) is 0 Å². The zero-order chi connectivity index (χ0) is 13.1. The summed E-state index contributed by atoms with van der Waals surface area (Å²) in [4.78, 5) is 11.9. The number of hydrogen-bond donors (Lipinski definition) is 1. The van der Waals surface area contributed by atoms with Crippen LogP contribution in [0.1, 0.15) is 28.9 Å². The maximum absolute atomic E-state index is 12.8. The Morgan fingerprint density at radius 3 is 2.61 bits per heavy atom. The zero-order valence-electron chi connectivity index (χ0n) is 10.2. The molecule has 2 rings (SSSR count). The SMILES string of the molecule is C[C@@H](NC(=O)c1cnn(C)c1)c1ccc(F)cc1. The minimum absolute atomic E-state index is 0.182. The first kappa shape index (κ1) is 12.3. The molecule has 0 bridgehead atoms. The van der Waals surface area contributed by atoms with Crippen LogP contribution in [0.15, 0.2) is 36.7 Å². The summed E-state index contributed by atoms with van der Waals surface area (Å²) in [5, 5.41) is 6.77. The Labute approximate surface area is 104 Å². The van der Waals surface area contributed by atoms with E-state index in [1.54, 1.807) is 30.1 Å². The second-order valence-corrected chi connectivity index (χ2v) is 4.15. The molecule has 0 unspecified atom stereocenters. The van der Waals surface area contributed by atoms with Crippen molar-refractivity contribution in [1.29, 1.82) is 0 Å². The van der Waals surface area contributed by atoms with Gasteiger partial charge in [0.1, 0.15) is 5.82 Å². The van der Waals surface area contributed by atoms with Gasteiger partial charge in [-0.15, -0.1) is 0 Å². The molecule has 0 aliphatic carbocycles. The van der Waals surface area contributed by atoms with E-state index in [0.29, 0.717) is 5.56 Å². The van der Waals surface area contributed by atoms with Gasteiger partial charge in [-0.2, -0.15) is 5.10 Å². The summed E-state index contributed by atoms with van der Waals surface area (Å²) < 4.78 is 14.3. The number of halogens is 1. The third-order valence-corrected chi connectivity index (χ3v) is 2.68. The van der Waals surface area contributed by atoms with E-state index in [1.807, 2.05) is 6.92 Å². The first-order valence-electron chi connectivity index (χ1n) is 5.61. The van der Waals surface area contributed by atoms with Gasteiger partial charge in [0.15, 0.2) is 0 Å². The van der Waals surface area contributed by atoms with E-state index in [9.17, 15) is 9.18 Å². The van der Waals surface area contributed by atoms with Crippen LogP contribution in [0.2, 0.25) is 0 Å². The summed E-state index contributed by atoms with van der Waals surface area (Å²) >= 11 is 0. The first-order chi connectivity index (χ1) is 8.56. The largest absolute Gasteiger partial charge is 0.345 e. The van der Waals surface area contributed by atoms with Gasteiger partial charge in [0, 0.05) is 13.2 Å². The van der Waals surface area contributed by atoms with Gasteiger partial charge in [0.25, 0.3) is 5.91 Å². The summed E-state index contributed by atoms with van der Waals surface area (Å²) in [6.45, 7) is 1.85. The van der Waals surface area contributed by atoms with Crippen molar-refractivity contribution in [1.82, 2.24) is 15.1 Å². The molecule has 0 saturated carbocycles. The third-order valence-electron chi connectivity index (χ3n) is 2.68. The standard InChI is InChI=1S/C13H14FN3O/c1-9(10-3-5-12(14)6-4-10)16-13(18)11-7-15-17(2)8-11/h3-9H,1-2H3,(H,16,18)/t9-/m1/s1. The molecule has 1 atom stereocenters. The van der Waals surface area contributed by atoms with E-state index in [0.717, 1.165) is 5.56 Å². The van der Waals surface area contributed by atoms with Gasteiger partial charge in [-0.25, -0.2) is 4.39 Å². The molecular formula is C13H14FN3O. The highest BCUT2D eigenvalue weighted by Gasteiger charge is 2.12. The Morgan fingerprint density at radius 1 is 1.39 bits per heavy atom. The van der Waals surface area contributed by atoms with Crippen molar-refractivity contribution in [2.24, 2.45) is 7.05 Å². The van der Waals surface area contributed by atoms with Crippen LogP contribution in [0, 0.1) is 5.82 Å². The van der Waals surface area contributed by atoms with Crippen LogP contribution < -0.4 is 5.32 Å². The average molecular weight is 247 g/mol. The minimum atomic E-state index is -0.287. The van der Waals surface area contributed by atoms with Crippen LogP contribution in [0.4, 0.5) is 4.39 Å². The molecule has 1 amide bonds. The predicted octanol–water partition coefficient (Wildman–Crippen LogP) is 2.05. The van der Waals surface area contributed by atoms with Crippen molar-refractivity contribution in [2.75, 3.05) is 0 Å². The van der Waals surface area contributed by atoms with E-state index in [4.69, 9.17) is 0 Å². The fourth-order valence-corrected chi connectivity index (χ4v) is 1.65. The Balaban J connectivity index is 2.05. The molecule has 1 heterocycles. The second kappa shape index (κ2) is 5.00. The Bertz CT molecular complexity index is 548. The summed E-state index contributed by atoms with van der Waals surface area (Å²) in [7, 11) is 1.75. The number of carbonyl (C=O) groups excluding carboxylic acids is 1. The monoisotopic (exact) mass is 247 g/mol. The van der Waals surface area contributed by atoms with E-state index >= 15 is 0 Å². The normalized spacial score (nSPS) is 12.2. The summed E-state index contributed by atoms with van der Waals surface area (Å²) in [5.41, 5.74) is 1.36. The van der Waals surface area contributed by atoms with E-state index in [2.05, 4.69) is 10.4 Å². The zero-order valence-corrected chi connectivity index (χ0v) is 10.2. The van der Waals surface area contributed by atoms with Crippen molar-refractivity contribution in [2.45, 2.75) is 13.0 Å². The molecule has 4 nitrogen and oxygen atoms in total. The van der Waals surface area contributed by atoms with Crippen LogP contribution in [-0.2, 0) is 7.05 Å². The lowest BCUT2D eigenvalue weighted by molar-refractivity contribution is 0.0940. The van der Waals surface area contributed by atoms with Gasteiger partial charge in [-0.3, -0.25) is 9.48 Å². The van der Waals surface area contributed by atoms with Gasteiger partial charge < -0.3 is 5.32 Å². The lowest BCUT2D eigenvalue weighted by Gasteiger charge is -2.13. The quantitative estimate of drug-likeness (QED) is 0.902. The smallest absolute Gasteiger partial charge is 0.254 e. The molecule has 5 heteroatoms. The van der Waals surface area contributed by atoms with Crippen LogP contribution in [-0.4, -0.2) is 15.7 Å². The number of nitrogens with one attached hydrogen (secondary N) is 1. The number of aryl methyl sites for hydroxylation is 1. The van der Waals surface area contributed by atoms with Crippen LogP contribution in [0.3, 0.4) is 0 Å². The number of hydrogen-bond acceptors (Lipinski definition) is 2. The lowest BCUT2D eigenvalue weighted by atomic mass is 10.1. The van der Waals surface area contributed by atoms with Crippen molar-refractivity contribution in [3.63, 3.8) is 0 Å². The summed E-state index contributed by atoms with van der Waals surface area (Å²) in [5.74, 6) is -0.482. The van der Waals surface area contributed by atoms with Crippen LogP contribution in [0.5, 0.6) is 0 Å². The number of benzene rings is 1. The number of carbonyl (C=O) groups is 1. The molecule has 0 spiro atoms. The molecule has 0 saturated heterocycles. The summed E-state index contributed by atoms with van der Waals surface area (Å²) in [6, 6.07) is 5.88. The molecule has 1 N–H and O–H groups in total. The molecule has 0 aliphatic rings. The second-order valence-electron chi connectivity index (χ2n) is 4.15. The Kier molecular flexibility index (Phi) is 3.41. The maximum atomic E-state index is 12.8. The average Bonchev–Trinajstić information content (AvgIpc) is 2.76. The third kappa shape index (κ3) is 2.74. The van der Waals surface area contributed by atoms with Crippen LogP contribution in [0.25, 0.3) is 0 Å². The number of nitrogens with zero attached hydrogens (tertiary/aromatic N) is 2.